The van der Waals surface area contributed by atoms with Gasteiger partial charge in [0.25, 0.3) is 0 Å². The highest BCUT2D eigenvalue weighted by Gasteiger charge is 2.39. The maximum atomic E-state index is 12.0. The van der Waals surface area contributed by atoms with Crippen molar-refractivity contribution in [3.05, 3.63) is 35.9 Å². The van der Waals surface area contributed by atoms with Crippen LogP contribution in [0.25, 0.3) is 0 Å². The number of carbonyl (C=O) groups is 1. The van der Waals surface area contributed by atoms with E-state index in [4.69, 9.17) is 4.74 Å². The molecule has 1 atom stereocenters. The molecule has 3 heteroatoms. The average Bonchev–Trinajstić information content (AvgIpc) is 2.27. The quantitative estimate of drug-likeness (QED) is 0.821. The van der Waals surface area contributed by atoms with Gasteiger partial charge in [-0.1, -0.05) is 37.3 Å². The second-order valence-electron chi connectivity index (χ2n) is 5.08. The molecular formula is C14H20O3. The number of rotatable bonds is 3. The molecule has 1 N–H and O–H groups in total. The zero-order valence-electron chi connectivity index (χ0n) is 10.9. The molecule has 0 amide bonds. The molecule has 0 aromatic heterocycles. The number of carbonyl (C=O) groups excluding carboxylic acids is 1. The predicted octanol–water partition coefficient (Wildman–Crippen LogP) is 2.63. The van der Waals surface area contributed by atoms with Crippen LogP contribution >= 0.6 is 0 Å². The van der Waals surface area contributed by atoms with Gasteiger partial charge in [-0.25, -0.2) is 4.79 Å². The van der Waals surface area contributed by atoms with E-state index < -0.39 is 17.2 Å². The lowest BCUT2D eigenvalue weighted by Gasteiger charge is -2.29. The van der Waals surface area contributed by atoms with Crippen molar-refractivity contribution in [1.82, 2.24) is 0 Å². The van der Waals surface area contributed by atoms with Gasteiger partial charge in [0.15, 0.2) is 5.60 Å². The molecule has 0 unspecified atom stereocenters. The van der Waals surface area contributed by atoms with E-state index in [9.17, 15) is 9.90 Å². The summed E-state index contributed by atoms with van der Waals surface area (Å²) in [6, 6.07) is 8.89. The van der Waals surface area contributed by atoms with Crippen molar-refractivity contribution in [2.24, 2.45) is 0 Å². The fourth-order valence-corrected chi connectivity index (χ4v) is 1.54. The van der Waals surface area contributed by atoms with E-state index in [1.165, 1.54) is 0 Å². The summed E-state index contributed by atoms with van der Waals surface area (Å²) < 4.78 is 5.26. The molecule has 0 spiro atoms. The van der Waals surface area contributed by atoms with Crippen LogP contribution in [0.3, 0.4) is 0 Å². The van der Waals surface area contributed by atoms with Crippen LogP contribution in [0.1, 0.15) is 39.7 Å². The first-order chi connectivity index (χ1) is 7.79. The topological polar surface area (TPSA) is 46.5 Å². The van der Waals surface area contributed by atoms with E-state index in [0.717, 1.165) is 0 Å². The van der Waals surface area contributed by atoms with Crippen LogP contribution in [-0.4, -0.2) is 16.7 Å². The third-order valence-corrected chi connectivity index (χ3v) is 2.50. The fourth-order valence-electron chi connectivity index (χ4n) is 1.54. The monoisotopic (exact) mass is 236 g/mol. The van der Waals surface area contributed by atoms with Gasteiger partial charge in [0.1, 0.15) is 5.60 Å². The van der Waals surface area contributed by atoms with Gasteiger partial charge in [-0.2, -0.15) is 0 Å². The molecule has 0 fully saturated rings. The summed E-state index contributed by atoms with van der Waals surface area (Å²) in [7, 11) is 0. The molecule has 0 aliphatic heterocycles. The Hall–Kier alpha value is -1.35. The van der Waals surface area contributed by atoms with Crippen LogP contribution in [0.5, 0.6) is 0 Å². The van der Waals surface area contributed by atoms with E-state index in [1.54, 1.807) is 52.0 Å². The molecule has 1 aromatic carbocycles. The number of hydrogen-bond donors (Lipinski definition) is 1. The standard InChI is InChI=1S/C14H20O3/c1-5-14(16,11-9-7-6-8-10-11)12(15)17-13(2,3)4/h6-10,16H,5H2,1-4H3/t14-/m1/s1. The zero-order valence-corrected chi connectivity index (χ0v) is 10.9. The molecule has 0 bridgehead atoms. The summed E-state index contributed by atoms with van der Waals surface area (Å²) in [5.41, 5.74) is -1.60. The van der Waals surface area contributed by atoms with Crippen molar-refractivity contribution in [3.63, 3.8) is 0 Å². The predicted molar refractivity (Wildman–Crippen MR) is 66.5 cm³/mol. The number of ether oxygens (including phenoxy) is 1. The first-order valence-corrected chi connectivity index (χ1v) is 5.81. The van der Waals surface area contributed by atoms with Gasteiger partial charge in [0.05, 0.1) is 0 Å². The van der Waals surface area contributed by atoms with Crippen molar-refractivity contribution < 1.29 is 14.6 Å². The van der Waals surface area contributed by atoms with E-state index in [1.807, 2.05) is 6.07 Å². The Morgan fingerprint density at radius 2 is 1.76 bits per heavy atom. The fraction of sp³-hybridized carbons (Fsp3) is 0.500. The van der Waals surface area contributed by atoms with Crippen molar-refractivity contribution in [3.8, 4) is 0 Å². The van der Waals surface area contributed by atoms with Gasteiger partial charge in [-0.15, -0.1) is 0 Å². The number of hydrogen-bond acceptors (Lipinski definition) is 3. The van der Waals surface area contributed by atoms with Gasteiger partial charge >= 0.3 is 5.97 Å². The van der Waals surface area contributed by atoms with Crippen molar-refractivity contribution >= 4 is 5.97 Å². The molecule has 1 aromatic rings. The normalized spacial score (nSPS) is 15.1. The second-order valence-corrected chi connectivity index (χ2v) is 5.08. The van der Waals surface area contributed by atoms with E-state index in [2.05, 4.69) is 0 Å². The third kappa shape index (κ3) is 3.30. The van der Waals surface area contributed by atoms with Crippen molar-refractivity contribution in [1.29, 1.82) is 0 Å². The smallest absolute Gasteiger partial charge is 0.343 e. The number of esters is 1. The van der Waals surface area contributed by atoms with Crippen molar-refractivity contribution in [2.75, 3.05) is 0 Å². The lowest BCUT2D eigenvalue weighted by Crippen LogP contribution is -2.40. The van der Waals surface area contributed by atoms with Crippen molar-refractivity contribution in [2.45, 2.75) is 45.3 Å². The third-order valence-electron chi connectivity index (χ3n) is 2.50. The summed E-state index contributed by atoms with van der Waals surface area (Å²) in [6.07, 6.45) is 0.284. The maximum Gasteiger partial charge on any atom is 0.343 e. The van der Waals surface area contributed by atoms with Gasteiger partial charge in [0, 0.05) is 0 Å². The summed E-state index contributed by atoms with van der Waals surface area (Å²) in [4.78, 5) is 12.0. The average molecular weight is 236 g/mol. The van der Waals surface area contributed by atoms with Crippen LogP contribution in [0.15, 0.2) is 30.3 Å². The number of benzene rings is 1. The lowest BCUT2D eigenvalue weighted by atomic mass is 9.91. The Kier molecular flexibility index (Phi) is 3.94. The summed E-state index contributed by atoms with van der Waals surface area (Å²) in [5.74, 6) is -0.598. The first-order valence-electron chi connectivity index (χ1n) is 5.81. The molecule has 1 rings (SSSR count). The minimum Gasteiger partial charge on any atom is -0.458 e. The first kappa shape index (κ1) is 13.7. The SMILES string of the molecule is CC[C@](O)(C(=O)OC(C)(C)C)c1ccccc1. The minimum atomic E-state index is -1.56. The molecule has 0 aliphatic carbocycles. The van der Waals surface area contributed by atoms with Crippen LogP contribution in [0, 0.1) is 0 Å². The molecular weight excluding hydrogens is 216 g/mol. The Morgan fingerprint density at radius 3 is 2.18 bits per heavy atom. The van der Waals surface area contributed by atoms with E-state index in [0.29, 0.717) is 5.56 Å². The van der Waals surface area contributed by atoms with E-state index >= 15 is 0 Å². The highest BCUT2D eigenvalue weighted by molar-refractivity contribution is 5.81. The Bertz CT molecular complexity index is 378. The molecule has 0 heterocycles. The van der Waals surface area contributed by atoms with Crippen LogP contribution in [-0.2, 0) is 15.1 Å². The molecule has 17 heavy (non-hydrogen) atoms. The Morgan fingerprint density at radius 1 is 1.24 bits per heavy atom. The van der Waals surface area contributed by atoms with E-state index in [-0.39, 0.29) is 6.42 Å². The molecule has 0 aliphatic rings. The highest BCUT2D eigenvalue weighted by Crippen LogP contribution is 2.28. The lowest BCUT2D eigenvalue weighted by molar-refractivity contribution is -0.179. The molecule has 0 saturated carbocycles. The molecule has 0 radical (unpaired) electrons. The summed E-state index contributed by atoms with van der Waals surface area (Å²) in [5, 5.41) is 10.4. The molecule has 94 valence electrons. The largest absolute Gasteiger partial charge is 0.458 e. The summed E-state index contributed by atoms with van der Waals surface area (Å²) in [6.45, 7) is 7.11. The number of aliphatic hydroxyl groups is 1. The second kappa shape index (κ2) is 4.88. The van der Waals surface area contributed by atoms with Crippen LogP contribution in [0.4, 0.5) is 0 Å². The molecule has 0 saturated heterocycles. The minimum absolute atomic E-state index is 0.284. The van der Waals surface area contributed by atoms with Crippen LogP contribution < -0.4 is 0 Å². The van der Waals surface area contributed by atoms with Crippen LogP contribution in [0.2, 0.25) is 0 Å². The Balaban J connectivity index is 3.01. The van der Waals surface area contributed by atoms with Gasteiger partial charge in [0.2, 0.25) is 0 Å². The van der Waals surface area contributed by atoms with Gasteiger partial charge < -0.3 is 9.84 Å². The van der Waals surface area contributed by atoms with Gasteiger partial charge in [-0.05, 0) is 32.8 Å². The zero-order chi connectivity index (χ0) is 13.1. The Labute approximate surface area is 102 Å². The maximum absolute atomic E-state index is 12.0. The van der Waals surface area contributed by atoms with Gasteiger partial charge in [-0.3, -0.25) is 0 Å². The summed E-state index contributed by atoms with van der Waals surface area (Å²) >= 11 is 0. The molecule has 3 nitrogen and oxygen atoms in total. The highest BCUT2D eigenvalue weighted by atomic mass is 16.6.